The molecule has 314 valence electrons. The third-order valence-electron chi connectivity index (χ3n) is 12.5. The van der Waals surface area contributed by atoms with Crippen molar-refractivity contribution in [2.75, 3.05) is 24.6 Å². The van der Waals surface area contributed by atoms with E-state index in [0.717, 1.165) is 76.9 Å². The van der Waals surface area contributed by atoms with E-state index in [4.69, 9.17) is 14.2 Å². The minimum Gasteiger partial charge on any atom is -0.481 e. The number of rotatable bonds is 9. The van der Waals surface area contributed by atoms with Crippen LogP contribution in [-0.4, -0.2) is 81.2 Å². The standard InChI is InChI=1S/C50H43N7O6/c1-30-5-11-45(48(58)54-30)57-49(59)41-10-8-37(26-42(41)50(57)60)61-19-3-4-31-20-32(27-51)22-35(21-31)56-17-14-36(15-18-56)62-38-24-39(25-38)63-47-12-7-34(28-53-47)33-6-9-40-43-29-52-16-13-44(43)55(2)46(40)23-33/h6-10,12-13,16,20-23,26,28-29,36,38-39,45H,1,5,11,14-15,17-19,24-25H2,2H3,(H,54,58). The molecule has 1 N–H and O–H groups in total. The van der Waals surface area contributed by atoms with E-state index < -0.39 is 23.8 Å². The Labute approximate surface area is 363 Å². The second-order valence-corrected chi connectivity index (χ2v) is 16.5. The highest BCUT2D eigenvalue weighted by Crippen LogP contribution is 2.35. The average Bonchev–Trinajstić information content (AvgIpc) is 3.72. The van der Waals surface area contributed by atoms with Crippen LogP contribution in [0.3, 0.4) is 0 Å². The monoisotopic (exact) mass is 837 g/mol. The number of carbonyl (C=O) groups excluding carboxylic acids is 3. The van der Waals surface area contributed by atoms with Gasteiger partial charge in [0.05, 0.1) is 40.5 Å². The van der Waals surface area contributed by atoms with Crippen molar-refractivity contribution in [1.82, 2.24) is 24.8 Å². The van der Waals surface area contributed by atoms with Crippen molar-refractivity contribution in [3.8, 4) is 40.7 Å². The number of hydrogen-bond donors (Lipinski definition) is 1. The first kappa shape index (κ1) is 39.6. The summed E-state index contributed by atoms with van der Waals surface area (Å²) in [6, 6.07) is 24.2. The quantitative estimate of drug-likeness (QED) is 0.118. The Morgan fingerprint density at radius 1 is 0.825 bits per heavy atom. The van der Waals surface area contributed by atoms with Gasteiger partial charge in [0, 0.05) is 96.4 Å². The zero-order chi connectivity index (χ0) is 43.2. The lowest BCUT2D eigenvalue weighted by Gasteiger charge is -2.40. The van der Waals surface area contributed by atoms with Crippen LogP contribution in [0.25, 0.3) is 32.9 Å². The van der Waals surface area contributed by atoms with Gasteiger partial charge in [0.2, 0.25) is 11.8 Å². The molecule has 1 saturated carbocycles. The summed E-state index contributed by atoms with van der Waals surface area (Å²) >= 11 is 0. The number of piperidine rings is 2. The molecule has 3 aromatic carbocycles. The summed E-state index contributed by atoms with van der Waals surface area (Å²) in [5.41, 5.74) is 7.57. The fraction of sp³-hybridized carbons (Fsp3) is 0.280. The van der Waals surface area contributed by atoms with Gasteiger partial charge in [-0.3, -0.25) is 24.3 Å². The van der Waals surface area contributed by atoms with Crippen molar-refractivity contribution >= 4 is 45.2 Å². The third-order valence-corrected chi connectivity index (χ3v) is 12.5. The first-order valence-electron chi connectivity index (χ1n) is 21.2. The van der Waals surface area contributed by atoms with Crippen LogP contribution in [0.1, 0.15) is 70.4 Å². The maximum Gasteiger partial charge on any atom is 0.262 e. The van der Waals surface area contributed by atoms with Gasteiger partial charge in [-0.2, -0.15) is 5.26 Å². The number of amides is 3. The molecule has 1 unspecified atom stereocenters. The van der Waals surface area contributed by atoms with Crippen LogP contribution < -0.4 is 19.7 Å². The summed E-state index contributed by atoms with van der Waals surface area (Å²) in [4.78, 5) is 51.1. The molecule has 3 aliphatic heterocycles. The van der Waals surface area contributed by atoms with E-state index in [1.807, 2.05) is 42.9 Å². The van der Waals surface area contributed by atoms with Gasteiger partial charge in [-0.1, -0.05) is 30.6 Å². The molecule has 0 bridgehead atoms. The number of fused-ring (bicyclic) bond motifs is 4. The van der Waals surface area contributed by atoms with E-state index in [0.29, 0.717) is 41.3 Å². The Morgan fingerprint density at radius 3 is 2.43 bits per heavy atom. The van der Waals surface area contributed by atoms with E-state index in [-0.39, 0.29) is 36.0 Å². The SMILES string of the molecule is C=C1CCC(N2C(=O)c3ccc(OCC#Cc4cc(C#N)cc(N5CCC(OC6CC(Oc7ccc(-c8ccc9c%10cnccc%10n(C)c9c8)cn7)C6)CC5)c4)cc3C2=O)C(=O)N1. The molecule has 3 fully saturated rings. The molecule has 4 aliphatic rings. The lowest BCUT2D eigenvalue weighted by atomic mass is 9.91. The second kappa shape index (κ2) is 16.4. The number of pyridine rings is 2. The van der Waals surface area contributed by atoms with Crippen molar-refractivity contribution in [3.63, 3.8) is 0 Å². The molecule has 13 nitrogen and oxygen atoms in total. The van der Waals surface area contributed by atoms with E-state index in [1.165, 1.54) is 17.5 Å². The molecular formula is C50H43N7O6. The largest absolute Gasteiger partial charge is 0.481 e. The summed E-state index contributed by atoms with van der Waals surface area (Å²) < 4.78 is 20.7. The Bertz CT molecular complexity index is 2950. The molecule has 3 amide bonds. The van der Waals surface area contributed by atoms with Crippen molar-refractivity contribution in [1.29, 1.82) is 5.26 Å². The number of allylic oxidation sites excluding steroid dienone is 1. The molecule has 2 saturated heterocycles. The Kier molecular flexibility index (Phi) is 10.3. The van der Waals surface area contributed by atoms with Crippen LogP contribution >= 0.6 is 0 Å². The van der Waals surface area contributed by atoms with Crippen LogP contribution in [0.4, 0.5) is 5.69 Å². The molecule has 0 spiro atoms. The highest BCUT2D eigenvalue weighted by Gasteiger charge is 2.44. The van der Waals surface area contributed by atoms with Gasteiger partial charge < -0.3 is 29.0 Å². The number of hydrogen-bond acceptors (Lipinski definition) is 10. The summed E-state index contributed by atoms with van der Waals surface area (Å²) in [6.07, 6.45) is 10.2. The number of benzene rings is 3. The van der Waals surface area contributed by atoms with Gasteiger partial charge in [0.15, 0.2) is 0 Å². The minimum absolute atomic E-state index is 0.0189. The number of imide groups is 1. The first-order chi connectivity index (χ1) is 30.7. The van der Waals surface area contributed by atoms with E-state index >= 15 is 0 Å². The molecule has 0 radical (unpaired) electrons. The molecule has 10 rings (SSSR count). The fourth-order valence-corrected chi connectivity index (χ4v) is 9.08. The van der Waals surface area contributed by atoms with Crippen LogP contribution in [-0.2, 0) is 16.6 Å². The van der Waals surface area contributed by atoms with Gasteiger partial charge in [0.1, 0.15) is 24.5 Å². The first-order valence-corrected chi connectivity index (χ1v) is 21.2. The molecule has 6 heterocycles. The maximum absolute atomic E-state index is 13.2. The molecule has 6 aromatic rings. The molecule has 1 aliphatic carbocycles. The topological polar surface area (TPSA) is 152 Å². The summed E-state index contributed by atoms with van der Waals surface area (Å²) in [5, 5.41) is 14.8. The zero-order valence-electron chi connectivity index (χ0n) is 34.7. The number of nitrogens with one attached hydrogen (secondary N) is 1. The lowest BCUT2D eigenvalue weighted by molar-refractivity contribution is -0.125. The minimum atomic E-state index is -0.883. The van der Waals surface area contributed by atoms with Crippen LogP contribution in [0.5, 0.6) is 11.6 Å². The van der Waals surface area contributed by atoms with E-state index in [2.05, 4.69) is 80.6 Å². The average molecular weight is 838 g/mol. The third kappa shape index (κ3) is 7.73. The number of nitriles is 1. The predicted octanol–water partition coefficient (Wildman–Crippen LogP) is 7.07. The van der Waals surface area contributed by atoms with Gasteiger partial charge in [-0.25, -0.2) is 4.98 Å². The summed E-state index contributed by atoms with van der Waals surface area (Å²) in [5.74, 6) is 5.67. The predicted molar refractivity (Wildman–Crippen MR) is 236 cm³/mol. The molecule has 3 aromatic heterocycles. The highest BCUT2D eigenvalue weighted by atomic mass is 16.5. The Hall–Kier alpha value is -7.48. The van der Waals surface area contributed by atoms with Crippen LogP contribution in [0, 0.1) is 23.2 Å². The van der Waals surface area contributed by atoms with Crippen molar-refractivity contribution < 1.29 is 28.6 Å². The molecule has 1 atom stereocenters. The van der Waals surface area contributed by atoms with Crippen LogP contribution in [0.15, 0.2) is 104 Å². The molecule has 63 heavy (non-hydrogen) atoms. The second-order valence-electron chi connectivity index (χ2n) is 16.5. The van der Waals surface area contributed by atoms with Gasteiger partial charge >= 0.3 is 0 Å². The number of aromatic nitrogens is 3. The number of nitrogens with zero attached hydrogens (tertiary/aromatic N) is 6. The smallest absolute Gasteiger partial charge is 0.262 e. The van der Waals surface area contributed by atoms with E-state index in [1.54, 1.807) is 12.1 Å². The number of anilines is 1. The number of carbonyl (C=O) groups is 3. The maximum atomic E-state index is 13.2. The Balaban J connectivity index is 0.688. The van der Waals surface area contributed by atoms with Crippen molar-refractivity contribution in [2.45, 2.75) is 62.9 Å². The fourth-order valence-electron chi connectivity index (χ4n) is 9.08. The van der Waals surface area contributed by atoms with Crippen molar-refractivity contribution in [3.05, 3.63) is 126 Å². The number of ether oxygens (including phenoxy) is 3. The van der Waals surface area contributed by atoms with Gasteiger partial charge in [-0.05, 0) is 85.8 Å². The normalized spacial score (nSPS) is 19.9. The van der Waals surface area contributed by atoms with Crippen LogP contribution in [0.2, 0.25) is 0 Å². The summed E-state index contributed by atoms with van der Waals surface area (Å²) in [6.45, 7) is 5.37. The Morgan fingerprint density at radius 2 is 1.63 bits per heavy atom. The lowest BCUT2D eigenvalue weighted by Crippen LogP contribution is -2.51. The van der Waals surface area contributed by atoms with Gasteiger partial charge in [0.25, 0.3) is 11.8 Å². The molecular weight excluding hydrogens is 795 g/mol. The van der Waals surface area contributed by atoms with Crippen molar-refractivity contribution in [2.24, 2.45) is 7.05 Å². The zero-order valence-corrected chi connectivity index (χ0v) is 34.7. The highest BCUT2D eigenvalue weighted by molar-refractivity contribution is 6.23. The van der Waals surface area contributed by atoms with E-state index in [9.17, 15) is 19.6 Å². The summed E-state index contributed by atoms with van der Waals surface area (Å²) in [7, 11) is 2.08. The molecule has 13 heteroatoms. The number of aryl methyl sites for hydroxylation is 1. The van der Waals surface area contributed by atoms with Gasteiger partial charge in [-0.15, -0.1) is 0 Å².